The Bertz CT molecular complexity index is 253. The highest BCUT2D eigenvalue weighted by molar-refractivity contribution is 5.67. The molecule has 17 heavy (non-hydrogen) atoms. The zero-order valence-corrected chi connectivity index (χ0v) is 11.9. The van der Waals surface area contributed by atoms with Crippen LogP contribution in [0, 0.1) is 11.3 Å². The fraction of sp³-hybridized carbons (Fsp3) is 0.929. The van der Waals surface area contributed by atoms with Gasteiger partial charge in [0, 0.05) is 6.04 Å². The summed E-state index contributed by atoms with van der Waals surface area (Å²) in [6.07, 6.45) is 4.30. The number of carbonyl (C=O) groups is 1. The molecule has 1 saturated carbocycles. The molecular formula is C14H27NO2. The first-order valence-electron chi connectivity index (χ1n) is 6.80. The van der Waals surface area contributed by atoms with Crippen LogP contribution < -0.4 is 5.32 Å². The van der Waals surface area contributed by atoms with E-state index < -0.39 is 0 Å². The molecule has 0 aliphatic heterocycles. The van der Waals surface area contributed by atoms with Crippen LogP contribution in [0.2, 0.25) is 0 Å². The van der Waals surface area contributed by atoms with Crippen LogP contribution in [-0.2, 0) is 4.74 Å². The molecule has 2 unspecified atom stereocenters. The average Bonchev–Trinajstić information content (AvgIpc) is 2.99. The first-order chi connectivity index (χ1) is 7.82. The Hall–Kier alpha value is -0.730. The Kier molecular flexibility index (Phi) is 4.84. The number of hydrogen-bond donors (Lipinski definition) is 1. The van der Waals surface area contributed by atoms with Crippen LogP contribution in [0.5, 0.6) is 0 Å². The summed E-state index contributed by atoms with van der Waals surface area (Å²) in [6.45, 7) is 10.5. The van der Waals surface area contributed by atoms with Gasteiger partial charge in [-0.3, -0.25) is 0 Å². The van der Waals surface area contributed by atoms with Crippen LogP contribution in [0.4, 0.5) is 4.79 Å². The molecule has 2 atom stereocenters. The number of ether oxygens (including phenoxy) is 1. The van der Waals surface area contributed by atoms with Crippen LogP contribution in [0.1, 0.15) is 60.3 Å². The molecule has 3 heteroatoms. The Morgan fingerprint density at radius 2 is 2.00 bits per heavy atom. The smallest absolute Gasteiger partial charge is 0.407 e. The first-order valence-corrected chi connectivity index (χ1v) is 6.80. The molecule has 0 aromatic carbocycles. The van der Waals surface area contributed by atoms with Gasteiger partial charge in [-0.25, -0.2) is 4.79 Å². The van der Waals surface area contributed by atoms with Gasteiger partial charge in [0.15, 0.2) is 0 Å². The van der Waals surface area contributed by atoms with Gasteiger partial charge in [0.2, 0.25) is 0 Å². The van der Waals surface area contributed by atoms with Gasteiger partial charge in [-0.05, 0) is 31.1 Å². The van der Waals surface area contributed by atoms with Crippen molar-refractivity contribution in [3.05, 3.63) is 0 Å². The van der Waals surface area contributed by atoms with E-state index in [1.807, 2.05) is 13.8 Å². The average molecular weight is 241 g/mol. The van der Waals surface area contributed by atoms with Gasteiger partial charge < -0.3 is 10.1 Å². The summed E-state index contributed by atoms with van der Waals surface area (Å²) in [5.41, 5.74) is 0.0943. The Morgan fingerprint density at radius 3 is 2.41 bits per heavy atom. The van der Waals surface area contributed by atoms with Crippen molar-refractivity contribution in [1.82, 2.24) is 5.32 Å². The summed E-state index contributed by atoms with van der Waals surface area (Å²) in [5.74, 6) is 0.808. The molecule has 3 nitrogen and oxygen atoms in total. The van der Waals surface area contributed by atoms with Crippen molar-refractivity contribution in [2.24, 2.45) is 11.3 Å². The normalized spacial score (nSPS) is 19.6. The van der Waals surface area contributed by atoms with Crippen molar-refractivity contribution in [1.29, 1.82) is 0 Å². The van der Waals surface area contributed by atoms with Crippen molar-refractivity contribution in [2.45, 2.75) is 72.4 Å². The van der Waals surface area contributed by atoms with Crippen molar-refractivity contribution in [3.8, 4) is 0 Å². The number of carbonyl (C=O) groups excluding carboxylic acids is 1. The molecule has 0 aromatic heterocycles. The third-order valence-electron chi connectivity index (χ3n) is 3.49. The number of rotatable bonds is 5. The number of amides is 1. The molecule has 1 fully saturated rings. The van der Waals surface area contributed by atoms with Gasteiger partial charge in [0.1, 0.15) is 6.10 Å². The van der Waals surface area contributed by atoms with Gasteiger partial charge >= 0.3 is 6.09 Å². The van der Waals surface area contributed by atoms with Crippen LogP contribution in [0.3, 0.4) is 0 Å². The van der Waals surface area contributed by atoms with Crippen molar-refractivity contribution in [2.75, 3.05) is 0 Å². The summed E-state index contributed by atoms with van der Waals surface area (Å²) in [6, 6.07) is 0.214. The Balaban J connectivity index is 2.44. The lowest BCUT2D eigenvalue weighted by Crippen LogP contribution is -2.45. The van der Waals surface area contributed by atoms with Gasteiger partial charge in [0.25, 0.3) is 0 Å². The van der Waals surface area contributed by atoms with Gasteiger partial charge in [-0.1, -0.05) is 40.5 Å². The molecule has 1 aliphatic carbocycles. The number of nitrogens with one attached hydrogen (secondary N) is 1. The van der Waals surface area contributed by atoms with Gasteiger partial charge in [0.05, 0.1) is 0 Å². The zero-order chi connectivity index (χ0) is 13.1. The van der Waals surface area contributed by atoms with E-state index >= 15 is 0 Å². The van der Waals surface area contributed by atoms with E-state index in [0.29, 0.717) is 0 Å². The minimum Gasteiger partial charge on any atom is -0.447 e. The van der Waals surface area contributed by atoms with Gasteiger partial charge in [-0.2, -0.15) is 0 Å². The molecule has 1 rings (SSSR count). The highest BCUT2D eigenvalue weighted by Gasteiger charge is 2.33. The molecule has 1 aliphatic rings. The summed E-state index contributed by atoms with van der Waals surface area (Å²) in [7, 11) is 0. The van der Waals surface area contributed by atoms with E-state index in [1.165, 1.54) is 12.8 Å². The standard InChI is InChI=1S/C14H27NO2/c1-6-10(2)17-13(16)15-12(14(3,4)5)9-11-7-8-11/h10-12H,6-9H2,1-5H3,(H,15,16). The fourth-order valence-electron chi connectivity index (χ4n) is 1.76. The zero-order valence-electron chi connectivity index (χ0n) is 11.9. The molecule has 0 bridgehead atoms. The third kappa shape index (κ3) is 5.42. The van der Waals surface area contributed by atoms with E-state index in [-0.39, 0.29) is 23.7 Å². The third-order valence-corrected chi connectivity index (χ3v) is 3.49. The fourth-order valence-corrected chi connectivity index (χ4v) is 1.76. The van der Waals surface area contributed by atoms with Crippen LogP contribution in [0.25, 0.3) is 0 Å². The lowest BCUT2D eigenvalue weighted by Gasteiger charge is -2.31. The molecule has 0 heterocycles. The van der Waals surface area contributed by atoms with Crippen LogP contribution >= 0.6 is 0 Å². The second-order valence-corrected chi connectivity index (χ2v) is 6.37. The molecule has 0 radical (unpaired) electrons. The van der Waals surface area contributed by atoms with Crippen molar-refractivity contribution in [3.63, 3.8) is 0 Å². The predicted octanol–water partition coefficient (Wildman–Crippen LogP) is 3.73. The number of hydrogen-bond acceptors (Lipinski definition) is 2. The number of alkyl carbamates (subject to hydrolysis) is 1. The Labute approximate surface area is 105 Å². The van der Waals surface area contributed by atoms with E-state index in [0.717, 1.165) is 18.8 Å². The first kappa shape index (κ1) is 14.3. The molecule has 1 N–H and O–H groups in total. The van der Waals surface area contributed by atoms with E-state index in [9.17, 15) is 4.79 Å². The van der Waals surface area contributed by atoms with Crippen LogP contribution in [0.15, 0.2) is 0 Å². The maximum Gasteiger partial charge on any atom is 0.407 e. The van der Waals surface area contributed by atoms with Crippen molar-refractivity contribution >= 4 is 6.09 Å². The molecule has 1 amide bonds. The summed E-state index contributed by atoms with van der Waals surface area (Å²) >= 11 is 0. The quantitative estimate of drug-likeness (QED) is 0.796. The van der Waals surface area contributed by atoms with Gasteiger partial charge in [-0.15, -0.1) is 0 Å². The molecule has 100 valence electrons. The lowest BCUT2D eigenvalue weighted by molar-refractivity contribution is 0.0932. The largest absolute Gasteiger partial charge is 0.447 e. The van der Waals surface area contributed by atoms with E-state index in [1.54, 1.807) is 0 Å². The van der Waals surface area contributed by atoms with E-state index in [2.05, 4.69) is 26.1 Å². The predicted molar refractivity (Wildman–Crippen MR) is 70.0 cm³/mol. The summed E-state index contributed by atoms with van der Waals surface area (Å²) in [5, 5.41) is 3.03. The molecule has 0 aromatic rings. The minimum absolute atomic E-state index is 0.00320. The second-order valence-electron chi connectivity index (χ2n) is 6.37. The molecule has 0 spiro atoms. The monoisotopic (exact) mass is 241 g/mol. The highest BCUT2D eigenvalue weighted by atomic mass is 16.6. The second kappa shape index (κ2) is 5.74. The maximum atomic E-state index is 11.7. The Morgan fingerprint density at radius 1 is 1.41 bits per heavy atom. The van der Waals surface area contributed by atoms with Crippen molar-refractivity contribution < 1.29 is 9.53 Å². The lowest BCUT2D eigenvalue weighted by atomic mass is 9.83. The summed E-state index contributed by atoms with van der Waals surface area (Å²) in [4.78, 5) is 11.7. The maximum absolute atomic E-state index is 11.7. The highest BCUT2D eigenvalue weighted by Crippen LogP contribution is 2.37. The van der Waals surface area contributed by atoms with E-state index in [4.69, 9.17) is 4.74 Å². The molecular weight excluding hydrogens is 214 g/mol. The summed E-state index contributed by atoms with van der Waals surface area (Å²) < 4.78 is 5.28. The minimum atomic E-state index is -0.264. The topological polar surface area (TPSA) is 38.3 Å². The van der Waals surface area contributed by atoms with Crippen LogP contribution in [-0.4, -0.2) is 18.2 Å². The molecule has 0 saturated heterocycles. The SMILES string of the molecule is CCC(C)OC(=O)NC(CC1CC1)C(C)(C)C.